The summed E-state index contributed by atoms with van der Waals surface area (Å²) in [5, 5.41) is 6.00. The normalized spacial score (nSPS) is 18.8. The number of nitrogens with zero attached hydrogens (tertiary/aromatic N) is 2. The lowest BCUT2D eigenvalue weighted by Gasteiger charge is -2.36. The topological polar surface area (TPSA) is 64.7 Å². The summed E-state index contributed by atoms with van der Waals surface area (Å²) in [4.78, 5) is 27.6. The van der Waals surface area contributed by atoms with Crippen LogP contribution in [0.2, 0.25) is 0 Å². The first-order valence-corrected chi connectivity index (χ1v) is 8.09. The summed E-state index contributed by atoms with van der Waals surface area (Å²) in [5.41, 5.74) is 0.840. The molecule has 0 aliphatic carbocycles. The Morgan fingerprint density at radius 2 is 2.16 bits per heavy atom. The molecule has 2 rings (SSSR count). The molecule has 6 nitrogen and oxygen atoms in total. The maximum absolute atomic E-state index is 13.5. The summed E-state index contributed by atoms with van der Waals surface area (Å²) in [6, 6.07) is 5.81. The van der Waals surface area contributed by atoms with Crippen molar-refractivity contribution in [2.45, 2.75) is 19.0 Å². The van der Waals surface area contributed by atoms with Crippen LogP contribution < -0.4 is 10.6 Å². The number of carbonyl (C=O) groups is 2. The molecule has 2 N–H and O–H groups in total. The summed E-state index contributed by atoms with van der Waals surface area (Å²) in [6.07, 6.45) is 0. The zero-order chi connectivity index (χ0) is 17.7. The Hall–Kier alpha value is -1.70. The van der Waals surface area contributed by atoms with E-state index < -0.39 is 6.04 Å². The van der Waals surface area contributed by atoms with Crippen molar-refractivity contribution in [3.8, 4) is 0 Å². The quantitative estimate of drug-likeness (QED) is 0.802. The molecule has 0 spiro atoms. The van der Waals surface area contributed by atoms with E-state index in [1.54, 1.807) is 27.1 Å². The van der Waals surface area contributed by atoms with Gasteiger partial charge in [-0.1, -0.05) is 12.1 Å². The predicted octanol–water partition coefficient (Wildman–Crippen LogP) is 0.787. The Bertz CT molecular complexity index is 600. The highest BCUT2D eigenvalue weighted by molar-refractivity contribution is 5.87. The molecule has 140 valence electrons. The maximum Gasteiger partial charge on any atom is 0.244 e. The van der Waals surface area contributed by atoms with Crippen LogP contribution in [0.25, 0.3) is 0 Å². The van der Waals surface area contributed by atoms with Crippen LogP contribution in [0.3, 0.4) is 0 Å². The molecule has 2 atom stereocenters. The van der Waals surface area contributed by atoms with Gasteiger partial charge >= 0.3 is 0 Å². The molecule has 1 aliphatic rings. The fourth-order valence-corrected chi connectivity index (χ4v) is 2.90. The fraction of sp³-hybridized carbons (Fsp3) is 0.529. The Kier molecular flexibility index (Phi) is 8.28. The minimum absolute atomic E-state index is 0. The molecule has 2 amide bonds. The first-order chi connectivity index (χ1) is 11.4. The molecule has 0 aromatic heterocycles. The third kappa shape index (κ3) is 5.95. The predicted molar refractivity (Wildman–Crippen MR) is 97.1 cm³/mol. The van der Waals surface area contributed by atoms with Crippen molar-refractivity contribution < 1.29 is 14.0 Å². The second-order valence-electron chi connectivity index (χ2n) is 6.27. The number of nitrogens with one attached hydrogen (secondary N) is 2. The number of benzene rings is 1. The monoisotopic (exact) mass is 372 g/mol. The SMILES string of the molecule is CC(NC(=O)CN1CCNCC1c1cccc(F)c1)C(=O)N(C)C.Cl. The molecular weight excluding hydrogens is 347 g/mol. The van der Waals surface area contributed by atoms with Crippen molar-refractivity contribution in [3.05, 3.63) is 35.6 Å². The average Bonchev–Trinajstić information content (AvgIpc) is 2.54. The molecular formula is C17H26ClFN4O2. The van der Waals surface area contributed by atoms with Gasteiger partial charge in [-0.3, -0.25) is 14.5 Å². The van der Waals surface area contributed by atoms with Crippen molar-refractivity contribution >= 4 is 24.2 Å². The number of carbonyl (C=O) groups excluding carboxylic acids is 2. The number of rotatable bonds is 5. The minimum Gasteiger partial charge on any atom is -0.347 e. The van der Waals surface area contributed by atoms with E-state index in [9.17, 15) is 14.0 Å². The number of hydrogen-bond donors (Lipinski definition) is 2. The van der Waals surface area contributed by atoms with Crippen molar-refractivity contribution in [1.82, 2.24) is 20.4 Å². The van der Waals surface area contributed by atoms with E-state index in [1.807, 2.05) is 11.0 Å². The van der Waals surface area contributed by atoms with E-state index >= 15 is 0 Å². The Balaban J connectivity index is 0.00000312. The molecule has 0 saturated carbocycles. The lowest BCUT2D eigenvalue weighted by atomic mass is 10.0. The molecule has 1 fully saturated rings. The van der Waals surface area contributed by atoms with Crippen LogP contribution in [-0.2, 0) is 9.59 Å². The Morgan fingerprint density at radius 1 is 1.44 bits per heavy atom. The number of halogens is 2. The van der Waals surface area contributed by atoms with Crippen LogP contribution in [0.15, 0.2) is 24.3 Å². The van der Waals surface area contributed by atoms with Crippen LogP contribution in [0.4, 0.5) is 4.39 Å². The van der Waals surface area contributed by atoms with Gasteiger partial charge in [0.05, 0.1) is 6.54 Å². The molecule has 1 aromatic carbocycles. The summed E-state index contributed by atoms with van der Waals surface area (Å²) >= 11 is 0. The van der Waals surface area contributed by atoms with Crippen LogP contribution in [0.1, 0.15) is 18.5 Å². The lowest BCUT2D eigenvalue weighted by molar-refractivity contribution is -0.134. The summed E-state index contributed by atoms with van der Waals surface area (Å²) < 4.78 is 13.5. The van der Waals surface area contributed by atoms with Crippen LogP contribution in [-0.4, -0.2) is 67.9 Å². The molecule has 1 heterocycles. The second-order valence-corrected chi connectivity index (χ2v) is 6.27. The first kappa shape index (κ1) is 21.3. The van der Waals surface area contributed by atoms with E-state index in [0.29, 0.717) is 13.1 Å². The highest BCUT2D eigenvalue weighted by Gasteiger charge is 2.27. The largest absolute Gasteiger partial charge is 0.347 e. The molecule has 25 heavy (non-hydrogen) atoms. The molecule has 1 aliphatic heterocycles. The number of hydrogen-bond acceptors (Lipinski definition) is 4. The van der Waals surface area contributed by atoms with Gasteiger partial charge < -0.3 is 15.5 Å². The minimum atomic E-state index is -0.567. The van der Waals surface area contributed by atoms with Gasteiger partial charge in [0.1, 0.15) is 11.9 Å². The molecule has 0 bridgehead atoms. The lowest BCUT2D eigenvalue weighted by Crippen LogP contribution is -2.52. The van der Waals surface area contributed by atoms with Gasteiger partial charge in [0, 0.05) is 39.8 Å². The van der Waals surface area contributed by atoms with E-state index in [0.717, 1.165) is 12.1 Å². The van der Waals surface area contributed by atoms with Gasteiger partial charge in [0.15, 0.2) is 0 Å². The molecule has 1 saturated heterocycles. The van der Waals surface area contributed by atoms with Crippen molar-refractivity contribution in [2.75, 3.05) is 40.3 Å². The standard InChI is InChI=1S/C17H25FN4O2.ClH/c1-12(17(24)21(2)3)20-16(23)11-22-8-7-19-10-15(22)13-5-4-6-14(18)9-13;/h4-6,9,12,15,19H,7-8,10-11H2,1-3H3,(H,20,23);1H. The van der Waals surface area contributed by atoms with Crippen molar-refractivity contribution in [2.24, 2.45) is 0 Å². The van der Waals surface area contributed by atoms with Gasteiger partial charge in [-0.25, -0.2) is 4.39 Å². The Labute approximate surface area is 154 Å². The van der Waals surface area contributed by atoms with Crippen LogP contribution in [0.5, 0.6) is 0 Å². The van der Waals surface area contributed by atoms with Crippen molar-refractivity contribution in [3.63, 3.8) is 0 Å². The van der Waals surface area contributed by atoms with Gasteiger partial charge in [0.25, 0.3) is 0 Å². The number of piperazine rings is 1. The molecule has 2 unspecified atom stereocenters. The summed E-state index contributed by atoms with van der Waals surface area (Å²) in [7, 11) is 3.31. The van der Waals surface area contributed by atoms with Gasteiger partial charge in [-0.05, 0) is 24.6 Å². The smallest absolute Gasteiger partial charge is 0.244 e. The van der Waals surface area contributed by atoms with Gasteiger partial charge in [-0.2, -0.15) is 0 Å². The first-order valence-electron chi connectivity index (χ1n) is 8.09. The van der Waals surface area contributed by atoms with Crippen LogP contribution in [0, 0.1) is 5.82 Å². The summed E-state index contributed by atoms with van der Waals surface area (Å²) in [5.74, 6) is -0.640. The van der Waals surface area contributed by atoms with E-state index in [4.69, 9.17) is 0 Å². The van der Waals surface area contributed by atoms with Gasteiger partial charge in [-0.15, -0.1) is 12.4 Å². The summed E-state index contributed by atoms with van der Waals surface area (Å²) in [6.45, 7) is 3.95. The fourth-order valence-electron chi connectivity index (χ4n) is 2.90. The van der Waals surface area contributed by atoms with E-state index in [2.05, 4.69) is 10.6 Å². The molecule has 1 aromatic rings. The van der Waals surface area contributed by atoms with Crippen LogP contribution >= 0.6 is 12.4 Å². The van der Waals surface area contributed by atoms with Gasteiger partial charge in [0.2, 0.25) is 11.8 Å². The molecule has 0 radical (unpaired) electrons. The maximum atomic E-state index is 13.5. The van der Waals surface area contributed by atoms with Crippen molar-refractivity contribution in [1.29, 1.82) is 0 Å². The molecule has 8 heteroatoms. The zero-order valence-corrected chi connectivity index (χ0v) is 15.6. The number of amides is 2. The highest BCUT2D eigenvalue weighted by atomic mass is 35.5. The number of likely N-dealkylation sites (N-methyl/N-ethyl adjacent to an activating group) is 1. The van der Waals surface area contributed by atoms with E-state index in [1.165, 1.54) is 17.0 Å². The third-order valence-electron chi connectivity index (χ3n) is 4.12. The Morgan fingerprint density at radius 3 is 2.80 bits per heavy atom. The zero-order valence-electron chi connectivity index (χ0n) is 14.8. The van der Waals surface area contributed by atoms with E-state index in [-0.39, 0.29) is 42.6 Å². The second kappa shape index (κ2) is 9.70. The highest BCUT2D eigenvalue weighted by Crippen LogP contribution is 2.22. The third-order valence-corrected chi connectivity index (χ3v) is 4.12. The average molecular weight is 373 g/mol.